The number of nitrogens with one attached hydrogen (secondary N) is 1. The SMILES string of the molecule is CCc1cc(-c2cc(Oc3ccc4cnn(C)c4c3)ccn2)cc(F)c1C(=O)NC1CN(CC)C1. The monoisotopic (exact) mass is 473 g/mol. The topological polar surface area (TPSA) is 72.3 Å². The molecule has 1 aliphatic heterocycles. The highest BCUT2D eigenvalue weighted by molar-refractivity contribution is 5.97. The molecule has 1 amide bonds. The number of fused-ring (bicyclic) bond motifs is 1. The molecule has 2 aromatic carbocycles. The maximum absolute atomic E-state index is 15.2. The minimum atomic E-state index is -0.543. The first-order valence-electron chi connectivity index (χ1n) is 11.9. The Hall–Kier alpha value is -3.78. The van der Waals surface area contributed by atoms with E-state index in [0.29, 0.717) is 34.7 Å². The summed E-state index contributed by atoms with van der Waals surface area (Å²) >= 11 is 0. The fourth-order valence-corrected chi connectivity index (χ4v) is 4.48. The molecule has 0 bridgehead atoms. The lowest BCUT2D eigenvalue weighted by Gasteiger charge is -2.38. The predicted octanol–water partition coefficient (Wildman–Crippen LogP) is 4.56. The fourth-order valence-electron chi connectivity index (χ4n) is 4.48. The van der Waals surface area contributed by atoms with Crippen molar-refractivity contribution in [2.24, 2.45) is 7.05 Å². The Bertz CT molecular complexity index is 1390. The molecule has 35 heavy (non-hydrogen) atoms. The highest BCUT2D eigenvalue weighted by Gasteiger charge is 2.28. The number of likely N-dealkylation sites (N-methyl/N-ethyl adjacent to an activating group) is 1. The van der Waals surface area contributed by atoms with E-state index in [1.165, 1.54) is 6.07 Å². The molecule has 180 valence electrons. The molecule has 2 aromatic heterocycles. The predicted molar refractivity (Wildman–Crippen MR) is 133 cm³/mol. The Labute approximate surface area is 203 Å². The van der Waals surface area contributed by atoms with Gasteiger partial charge < -0.3 is 10.1 Å². The first-order chi connectivity index (χ1) is 16.9. The summed E-state index contributed by atoms with van der Waals surface area (Å²) in [5, 5.41) is 8.25. The van der Waals surface area contributed by atoms with Gasteiger partial charge in [0.05, 0.1) is 29.0 Å². The summed E-state index contributed by atoms with van der Waals surface area (Å²) in [6.07, 6.45) is 3.97. The van der Waals surface area contributed by atoms with Gasteiger partial charge in [-0.2, -0.15) is 5.10 Å². The van der Waals surface area contributed by atoms with Gasteiger partial charge >= 0.3 is 0 Å². The molecule has 5 rings (SSSR count). The van der Waals surface area contributed by atoms with E-state index in [2.05, 4.69) is 27.2 Å². The number of hydrogen-bond acceptors (Lipinski definition) is 5. The standard InChI is InChI=1S/C27H28FN5O2/c1-4-17-10-19(11-23(28)26(17)27(34)31-20-15-33(5-2)16-20)24-12-22(8-9-29-24)35-21-7-6-18-14-30-32(3)25(18)13-21/h6-14,20H,4-5,15-16H2,1-3H3,(H,31,34). The van der Waals surface area contributed by atoms with Crippen LogP contribution in [0.2, 0.25) is 0 Å². The van der Waals surface area contributed by atoms with Crippen LogP contribution in [0.1, 0.15) is 29.8 Å². The van der Waals surface area contributed by atoms with Gasteiger partial charge in [-0.25, -0.2) is 4.39 Å². The summed E-state index contributed by atoms with van der Waals surface area (Å²) in [4.78, 5) is 19.5. The number of hydrogen-bond donors (Lipinski definition) is 1. The van der Waals surface area contributed by atoms with E-state index in [-0.39, 0.29) is 17.5 Å². The van der Waals surface area contributed by atoms with Crippen LogP contribution in [0.5, 0.6) is 11.5 Å². The second-order valence-corrected chi connectivity index (χ2v) is 8.84. The molecule has 1 aliphatic rings. The number of likely N-dealkylation sites (tertiary alicyclic amines) is 1. The van der Waals surface area contributed by atoms with Gasteiger partial charge in [0.25, 0.3) is 5.91 Å². The van der Waals surface area contributed by atoms with Gasteiger partial charge in [-0.3, -0.25) is 19.4 Å². The van der Waals surface area contributed by atoms with E-state index in [9.17, 15) is 4.79 Å². The van der Waals surface area contributed by atoms with E-state index in [1.54, 1.807) is 29.2 Å². The number of amides is 1. The summed E-state index contributed by atoms with van der Waals surface area (Å²) in [6.45, 7) is 6.54. The lowest BCUT2D eigenvalue weighted by atomic mass is 9.98. The first-order valence-corrected chi connectivity index (χ1v) is 11.9. The van der Waals surface area contributed by atoms with Gasteiger partial charge in [0.1, 0.15) is 17.3 Å². The molecule has 0 spiro atoms. The smallest absolute Gasteiger partial charge is 0.254 e. The van der Waals surface area contributed by atoms with Crippen LogP contribution in [-0.4, -0.2) is 51.2 Å². The Morgan fingerprint density at radius 1 is 1.14 bits per heavy atom. The normalized spacial score (nSPS) is 14.2. The second-order valence-electron chi connectivity index (χ2n) is 8.84. The molecule has 0 radical (unpaired) electrons. The zero-order valence-corrected chi connectivity index (χ0v) is 20.1. The van der Waals surface area contributed by atoms with Crippen molar-refractivity contribution < 1.29 is 13.9 Å². The molecule has 0 aliphatic carbocycles. The van der Waals surface area contributed by atoms with Crippen molar-refractivity contribution in [2.45, 2.75) is 26.3 Å². The van der Waals surface area contributed by atoms with Crippen LogP contribution >= 0.6 is 0 Å². The summed E-state index contributed by atoms with van der Waals surface area (Å²) in [6, 6.07) is 12.6. The number of pyridine rings is 1. The lowest BCUT2D eigenvalue weighted by molar-refractivity contribution is 0.0820. The van der Waals surface area contributed by atoms with Gasteiger partial charge in [-0.05, 0) is 48.9 Å². The Balaban J connectivity index is 1.38. The number of benzene rings is 2. The van der Waals surface area contributed by atoms with Crippen molar-refractivity contribution in [3.63, 3.8) is 0 Å². The third kappa shape index (κ3) is 4.61. The van der Waals surface area contributed by atoms with Gasteiger partial charge in [0, 0.05) is 49.4 Å². The van der Waals surface area contributed by atoms with E-state index in [4.69, 9.17) is 4.74 Å². The van der Waals surface area contributed by atoms with Crippen LogP contribution in [0.4, 0.5) is 4.39 Å². The largest absolute Gasteiger partial charge is 0.457 e. The highest BCUT2D eigenvalue weighted by atomic mass is 19.1. The van der Waals surface area contributed by atoms with Crippen molar-refractivity contribution in [3.05, 3.63) is 71.8 Å². The zero-order chi connectivity index (χ0) is 24.5. The molecule has 1 N–H and O–H groups in total. The summed E-state index contributed by atoms with van der Waals surface area (Å²) in [5.74, 6) is 0.353. The summed E-state index contributed by atoms with van der Waals surface area (Å²) < 4.78 is 23.1. The van der Waals surface area contributed by atoms with Crippen LogP contribution in [0, 0.1) is 5.82 Å². The Kier molecular flexibility index (Phi) is 6.21. The maximum Gasteiger partial charge on any atom is 0.254 e. The van der Waals surface area contributed by atoms with Crippen LogP contribution in [0.15, 0.2) is 54.9 Å². The number of aryl methyl sites for hydroxylation is 2. The van der Waals surface area contributed by atoms with E-state index in [1.807, 2.05) is 38.2 Å². The quantitative estimate of drug-likeness (QED) is 0.426. The van der Waals surface area contributed by atoms with Crippen molar-refractivity contribution >= 4 is 16.8 Å². The number of nitrogens with zero attached hydrogens (tertiary/aromatic N) is 4. The van der Waals surface area contributed by atoms with E-state index >= 15 is 4.39 Å². The average Bonchev–Trinajstić information content (AvgIpc) is 3.20. The maximum atomic E-state index is 15.2. The molecular weight excluding hydrogens is 445 g/mol. The van der Waals surface area contributed by atoms with Crippen LogP contribution in [-0.2, 0) is 13.5 Å². The minimum absolute atomic E-state index is 0.0623. The Morgan fingerprint density at radius 2 is 1.94 bits per heavy atom. The van der Waals surface area contributed by atoms with E-state index in [0.717, 1.165) is 30.5 Å². The van der Waals surface area contributed by atoms with Gasteiger partial charge in [-0.15, -0.1) is 0 Å². The molecule has 1 fully saturated rings. The number of rotatable bonds is 7. The fraction of sp³-hybridized carbons (Fsp3) is 0.296. The molecule has 0 saturated carbocycles. The summed E-state index contributed by atoms with van der Waals surface area (Å²) in [7, 11) is 1.88. The van der Waals surface area contributed by atoms with Crippen molar-refractivity contribution in [1.82, 2.24) is 25.0 Å². The number of ether oxygens (including phenoxy) is 1. The second kappa shape index (κ2) is 9.46. The van der Waals surface area contributed by atoms with Crippen LogP contribution < -0.4 is 10.1 Å². The number of carbonyl (C=O) groups is 1. The van der Waals surface area contributed by atoms with Crippen LogP contribution in [0.3, 0.4) is 0 Å². The number of carbonyl (C=O) groups excluding carboxylic acids is 1. The zero-order valence-electron chi connectivity index (χ0n) is 20.1. The average molecular weight is 474 g/mol. The number of halogens is 1. The third-order valence-electron chi connectivity index (χ3n) is 6.50. The van der Waals surface area contributed by atoms with Crippen LogP contribution in [0.25, 0.3) is 22.2 Å². The minimum Gasteiger partial charge on any atom is -0.457 e. The molecule has 7 nitrogen and oxygen atoms in total. The molecule has 0 atom stereocenters. The Morgan fingerprint density at radius 3 is 2.71 bits per heavy atom. The van der Waals surface area contributed by atoms with Crippen molar-refractivity contribution in [2.75, 3.05) is 19.6 Å². The van der Waals surface area contributed by atoms with Crippen molar-refractivity contribution in [1.29, 1.82) is 0 Å². The lowest BCUT2D eigenvalue weighted by Crippen LogP contribution is -2.59. The van der Waals surface area contributed by atoms with E-state index < -0.39 is 5.82 Å². The van der Waals surface area contributed by atoms with Gasteiger partial charge in [0.15, 0.2) is 0 Å². The molecule has 0 unspecified atom stereocenters. The molecule has 4 aromatic rings. The number of aromatic nitrogens is 3. The first kappa shape index (κ1) is 23.0. The molecule has 3 heterocycles. The molecule has 1 saturated heterocycles. The molecular formula is C27H28FN5O2. The van der Waals surface area contributed by atoms with Crippen molar-refractivity contribution in [3.8, 4) is 22.8 Å². The summed E-state index contributed by atoms with van der Waals surface area (Å²) in [5.41, 5.74) is 2.90. The third-order valence-corrected chi connectivity index (χ3v) is 6.50. The highest BCUT2D eigenvalue weighted by Crippen LogP contribution is 2.30. The van der Waals surface area contributed by atoms with Gasteiger partial charge in [0.2, 0.25) is 0 Å². The van der Waals surface area contributed by atoms with Gasteiger partial charge in [-0.1, -0.05) is 13.8 Å². The molecule has 8 heteroatoms.